The quantitative estimate of drug-likeness (QED) is 0.0259. The van der Waals surface area contributed by atoms with E-state index >= 15 is 0 Å². The van der Waals surface area contributed by atoms with Gasteiger partial charge < -0.3 is 35.1 Å². The number of aliphatic hydroxyl groups is 2. The van der Waals surface area contributed by atoms with E-state index in [0.717, 1.165) is 25.6 Å². The summed E-state index contributed by atoms with van der Waals surface area (Å²) in [5, 5.41) is 34.9. The van der Waals surface area contributed by atoms with Crippen LogP contribution in [0, 0.1) is 11.5 Å². The lowest BCUT2D eigenvalue weighted by molar-refractivity contribution is -0.0821. The lowest BCUT2D eigenvalue weighted by atomic mass is 10.0. The molecule has 1 aromatic carbocycles. The Labute approximate surface area is 335 Å². The molecule has 5 atom stereocenters. The first-order chi connectivity index (χ1) is 27.6. The van der Waals surface area contributed by atoms with Gasteiger partial charge in [-0.15, -0.1) is 0 Å². The molecule has 5 N–H and O–H groups in total. The number of nitrogens with two attached hydrogens (primary N) is 1. The van der Waals surface area contributed by atoms with Crippen LogP contribution in [0.1, 0.15) is 139 Å². The summed E-state index contributed by atoms with van der Waals surface area (Å²) in [4.78, 5) is 14.3. The zero-order valence-corrected chi connectivity index (χ0v) is 34.0. The number of nitrogen functional groups attached to an aromatic ring is 1. The molecule has 0 amide bonds. The minimum absolute atomic E-state index is 0.0102. The molecule has 0 saturated heterocycles. The van der Waals surface area contributed by atoms with Gasteiger partial charge in [0.05, 0.1) is 32.1 Å². The molecule has 0 saturated carbocycles. The van der Waals surface area contributed by atoms with Gasteiger partial charge in [-0.1, -0.05) is 128 Å². The fourth-order valence-electron chi connectivity index (χ4n) is 6.31. The molecule has 0 bridgehead atoms. The summed E-state index contributed by atoms with van der Waals surface area (Å²) in [6.45, 7) is 1.42. The predicted molar refractivity (Wildman–Crippen MR) is 211 cm³/mol. The maximum Gasteiger partial charge on any atom is 0.472 e. The van der Waals surface area contributed by atoms with E-state index in [0.29, 0.717) is 17.7 Å². The van der Waals surface area contributed by atoms with Crippen LogP contribution in [0.2, 0.25) is 0 Å². The smallest absolute Gasteiger partial charge is 0.419 e. The van der Waals surface area contributed by atoms with Crippen molar-refractivity contribution in [3.63, 3.8) is 0 Å². The van der Waals surface area contributed by atoms with E-state index < -0.39 is 51.9 Å². The number of halogens is 2. The van der Waals surface area contributed by atoms with E-state index in [4.69, 9.17) is 34.3 Å². The minimum Gasteiger partial charge on any atom is -0.419 e. The van der Waals surface area contributed by atoms with Crippen molar-refractivity contribution in [3.8, 4) is 6.26 Å². The third-order valence-corrected chi connectivity index (χ3v) is 10.7. The summed E-state index contributed by atoms with van der Waals surface area (Å²) in [7, 11) is -4.83. The minimum atomic E-state index is -4.83. The van der Waals surface area contributed by atoms with E-state index in [1.807, 2.05) is 0 Å². The van der Waals surface area contributed by atoms with Crippen molar-refractivity contribution in [1.82, 2.24) is 14.6 Å². The number of rotatable bonds is 33. The van der Waals surface area contributed by atoms with Gasteiger partial charge in [0.1, 0.15) is 30.2 Å². The summed E-state index contributed by atoms with van der Waals surface area (Å²) in [6, 6.07) is 8.57. The normalized spacial score (nSPS) is 15.0. The molecule has 0 fully saturated rings. The number of aliphatic hydroxyl groups excluding tert-OH is 2. The average molecular weight is 826 g/mol. The van der Waals surface area contributed by atoms with Gasteiger partial charge in [-0.05, 0) is 24.1 Å². The molecular weight excluding hydrogens is 763 g/mol. The van der Waals surface area contributed by atoms with Crippen LogP contribution in [0.4, 0.5) is 14.6 Å². The number of phosphoric acid groups is 1. The number of benzene rings is 1. The maximum atomic E-state index is 13.0. The van der Waals surface area contributed by atoms with Gasteiger partial charge in [-0.3, -0.25) is 9.05 Å². The van der Waals surface area contributed by atoms with Gasteiger partial charge >= 0.3 is 7.82 Å². The summed E-state index contributed by atoms with van der Waals surface area (Å²) >= 11 is 0. The monoisotopic (exact) mass is 825 g/mol. The highest BCUT2D eigenvalue weighted by molar-refractivity contribution is 7.47. The second-order valence-electron chi connectivity index (χ2n) is 14.3. The lowest BCUT2D eigenvalue weighted by Crippen LogP contribution is -2.37. The first-order valence-electron chi connectivity index (χ1n) is 20.2. The molecule has 3 rings (SSSR count). The Balaban J connectivity index is 1.41. The van der Waals surface area contributed by atoms with Crippen LogP contribution in [-0.2, 0) is 34.4 Å². The lowest BCUT2D eigenvalue weighted by Gasteiger charge is -2.25. The third-order valence-electron chi connectivity index (χ3n) is 9.71. The van der Waals surface area contributed by atoms with Crippen LogP contribution < -0.4 is 5.73 Å². The van der Waals surface area contributed by atoms with Crippen molar-refractivity contribution in [3.05, 3.63) is 59.5 Å². The van der Waals surface area contributed by atoms with Gasteiger partial charge in [0.15, 0.2) is 11.9 Å². The van der Waals surface area contributed by atoms with Crippen LogP contribution in [0.3, 0.4) is 0 Å². The highest BCUT2D eigenvalue weighted by atomic mass is 31.2. The molecule has 3 aromatic rings. The van der Waals surface area contributed by atoms with Crippen molar-refractivity contribution >= 4 is 19.2 Å². The Morgan fingerprint density at radius 3 is 2.00 bits per heavy atom. The van der Waals surface area contributed by atoms with Gasteiger partial charge in [0.25, 0.3) is 12.7 Å². The van der Waals surface area contributed by atoms with Crippen LogP contribution in [0.25, 0.3) is 5.52 Å². The molecular formula is C40H62F2N5O9P. The number of alkyl halides is 2. The van der Waals surface area contributed by atoms with E-state index in [1.165, 1.54) is 131 Å². The van der Waals surface area contributed by atoms with Crippen molar-refractivity contribution in [2.45, 2.75) is 147 Å². The zero-order chi connectivity index (χ0) is 41.3. The number of hydrogen-bond acceptors (Lipinski definition) is 12. The van der Waals surface area contributed by atoms with Gasteiger partial charge in [-0.2, -0.15) is 10.4 Å². The first kappa shape index (κ1) is 48.1. The number of nitriles is 1. The zero-order valence-electron chi connectivity index (χ0n) is 33.1. The van der Waals surface area contributed by atoms with E-state index in [1.54, 1.807) is 0 Å². The fourth-order valence-corrected chi connectivity index (χ4v) is 7.08. The van der Waals surface area contributed by atoms with Crippen LogP contribution >= 0.6 is 7.82 Å². The molecule has 2 aromatic heterocycles. The highest BCUT2D eigenvalue weighted by Gasteiger charge is 2.35. The highest BCUT2D eigenvalue weighted by Crippen LogP contribution is 2.44. The molecule has 320 valence electrons. The number of aromatic nitrogens is 3. The number of ether oxygens (including phenoxy) is 3. The molecule has 14 nitrogen and oxygen atoms in total. The molecule has 57 heavy (non-hydrogen) atoms. The molecule has 0 aliphatic rings. The van der Waals surface area contributed by atoms with Crippen molar-refractivity contribution in [1.29, 1.82) is 5.26 Å². The van der Waals surface area contributed by atoms with Crippen LogP contribution in [0.15, 0.2) is 42.7 Å². The third kappa shape index (κ3) is 18.5. The average Bonchev–Trinajstić information content (AvgIpc) is 3.65. The number of nitrogens with zero attached hydrogens (tertiary/aromatic N) is 4. The summed E-state index contributed by atoms with van der Waals surface area (Å²) in [5.41, 5.74) is 6.75. The molecule has 1 unspecified atom stereocenters. The van der Waals surface area contributed by atoms with Crippen molar-refractivity contribution in [2.24, 2.45) is 0 Å². The standard InChI is InChI=1S/C40H62F2N5O9P/c1-2-3-4-5-6-7-8-9-10-11-12-13-14-15-16-17-24-52-26-33(53-25-31-18-20-32(21-19-31)39(41)42)27-55-57(50,51)56-28-36(54-29-43)38(49)37(48)34-22-23-35-40(44)45-30-46-47(34)35/h18-23,30,33,36-39,48-49H,2-17,24-28H2,1H3,(H,50,51)(H2,44,45,46)/t33-,36-,37+,38-/m1/s1. The molecule has 0 aliphatic heterocycles. The Morgan fingerprint density at radius 1 is 0.842 bits per heavy atom. The maximum absolute atomic E-state index is 13.0. The molecule has 0 spiro atoms. The van der Waals surface area contributed by atoms with Crippen molar-refractivity contribution in [2.75, 3.05) is 32.2 Å². The number of anilines is 1. The Bertz CT molecular complexity index is 1610. The Hall–Kier alpha value is -3.26. The molecule has 2 heterocycles. The van der Waals surface area contributed by atoms with E-state index in [-0.39, 0.29) is 30.3 Å². The SMILES string of the molecule is CCCCCCCCCCCCCCCCCCOC[C@H](COP(=O)(O)OC[C@@H](OC#N)[C@@H](O)[C@@H](O)c1ccc2c(N)ncnn12)OCc1ccc(C(F)F)cc1. The molecule has 0 radical (unpaired) electrons. The van der Waals surface area contributed by atoms with E-state index in [9.17, 15) is 28.5 Å². The largest absolute Gasteiger partial charge is 0.472 e. The van der Waals surface area contributed by atoms with Crippen LogP contribution in [-0.4, -0.2) is 74.4 Å². The summed E-state index contributed by atoms with van der Waals surface area (Å²) in [5.74, 6) is 0.127. The topological polar surface area (TPSA) is 204 Å². The Morgan fingerprint density at radius 2 is 1.42 bits per heavy atom. The second-order valence-corrected chi connectivity index (χ2v) is 15.8. The number of phosphoric ester groups is 1. The molecule has 17 heteroatoms. The van der Waals surface area contributed by atoms with Crippen LogP contribution in [0.5, 0.6) is 0 Å². The number of hydrogen-bond donors (Lipinski definition) is 4. The molecule has 0 aliphatic carbocycles. The van der Waals surface area contributed by atoms with Gasteiger partial charge in [-0.25, -0.2) is 22.8 Å². The summed E-state index contributed by atoms with van der Waals surface area (Å²) in [6.07, 6.45) is 14.0. The van der Waals surface area contributed by atoms with Crippen molar-refractivity contribution < 1.29 is 51.7 Å². The van der Waals surface area contributed by atoms with Gasteiger partial charge in [0.2, 0.25) is 0 Å². The Kier molecular flexibility index (Phi) is 23.2. The summed E-state index contributed by atoms with van der Waals surface area (Å²) < 4.78 is 67.0. The second kappa shape index (κ2) is 27.4. The van der Waals surface area contributed by atoms with E-state index in [2.05, 4.69) is 17.0 Å². The fraction of sp³-hybridized carbons (Fsp3) is 0.675. The first-order valence-corrected chi connectivity index (χ1v) is 21.7. The number of fused-ring (bicyclic) bond motifs is 1. The number of unbranched alkanes of at least 4 members (excludes halogenated alkanes) is 15. The predicted octanol–water partition coefficient (Wildman–Crippen LogP) is 8.51. The van der Waals surface area contributed by atoms with Gasteiger partial charge in [0, 0.05) is 12.2 Å².